The number of benzene rings is 1. The van der Waals surface area contributed by atoms with Crippen molar-refractivity contribution in [2.75, 3.05) is 31.1 Å². The first-order valence-corrected chi connectivity index (χ1v) is 11.9. The zero-order chi connectivity index (χ0) is 21.5. The second-order valence-electron chi connectivity index (χ2n) is 8.09. The lowest BCUT2D eigenvalue weighted by atomic mass is 9.86. The summed E-state index contributed by atoms with van der Waals surface area (Å²) in [7, 11) is -3.25. The zero-order valence-electron chi connectivity index (χ0n) is 16.4. The van der Waals surface area contributed by atoms with Crippen LogP contribution in [-0.2, 0) is 20.8 Å². The number of rotatable bonds is 2. The number of amides is 1. The second kappa shape index (κ2) is 7.83. The van der Waals surface area contributed by atoms with Gasteiger partial charge in [-0.15, -0.1) is 0 Å². The van der Waals surface area contributed by atoms with Gasteiger partial charge in [0.05, 0.1) is 23.6 Å². The van der Waals surface area contributed by atoms with Crippen LogP contribution in [0.15, 0.2) is 40.4 Å². The van der Waals surface area contributed by atoms with Gasteiger partial charge in [-0.05, 0) is 54.4 Å². The molecule has 0 atom stereocenters. The maximum Gasteiger partial charge on any atom is 0.416 e. The van der Waals surface area contributed by atoms with Crippen molar-refractivity contribution in [1.82, 2.24) is 4.90 Å². The van der Waals surface area contributed by atoms with Gasteiger partial charge in [-0.25, -0.2) is 8.42 Å². The van der Waals surface area contributed by atoms with Crippen LogP contribution in [0, 0.1) is 0 Å². The highest BCUT2D eigenvalue weighted by Gasteiger charge is 2.38. The lowest BCUT2D eigenvalue weighted by molar-refractivity contribution is -0.138. The first-order valence-electron chi connectivity index (χ1n) is 10.1. The molecule has 3 heterocycles. The Bertz CT molecular complexity index is 1020. The average molecular weight is 440 g/mol. The van der Waals surface area contributed by atoms with E-state index in [9.17, 15) is 26.4 Å². The van der Waals surface area contributed by atoms with Crippen molar-refractivity contribution in [1.29, 1.82) is 0 Å². The molecule has 1 amide bonds. The summed E-state index contributed by atoms with van der Waals surface area (Å²) in [5.74, 6) is -0.613. The van der Waals surface area contributed by atoms with Crippen LogP contribution in [0.1, 0.15) is 42.7 Å². The van der Waals surface area contributed by atoms with Crippen molar-refractivity contribution in [3.05, 3.63) is 46.5 Å². The third-order valence-corrected chi connectivity index (χ3v) is 7.77. The Labute approximate surface area is 173 Å². The normalized spacial score (nSPS) is 22.5. The Kier molecular flexibility index (Phi) is 5.50. The fraction of sp³-hybridized carbons (Fsp3) is 0.524. The zero-order valence-corrected chi connectivity index (χ0v) is 17.2. The number of hydrogen-bond donors (Lipinski definition) is 0. The molecule has 0 aromatic heterocycles. The molecule has 0 bridgehead atoms. The number of likely N-dealkylation sites (tertiary alicyclic amines) is 1. The van der Waals surface area contributed by atoms with E-state index in [1.165, 1.54) is 12.1 Å². The summed E-state index contributed by atoms with van der Waals surface area (Å²) in [5.41, 5.74) is 1.35. The van der Waals surface area contributed by atoms with E-state index in [-0.39, 0.29) is 34.6 Å². The number of aliphatic imine (C=N–C) groups is 1. The Hall–Kier alpha value is -2.16. The van der Waals surface area contributed by atoms with Gasteiger partial charge in [-0.1, -0.05) is 18.2 Å². The van der Waals surface area contributed by atoms with E-state index in [1.807, 2.05) is 0 Å². The number of piperidine rings is 1. The van der Waals surface area contributed by atoms with Crippen molar-refractivity contribution < 1.29 is 26.4 Å². The van der Waals surface area contributed by atoms with Crippen LogP contribution in [0.2, 0.25) is 0 Å². The molecule has 0 radical (unpaired) electrons. The van der Waals surface area contributed by atoms with Gasteiger partial charge in [-0.3, -0.25) is 9.79 Å². The third kappa shape index (κ3) is 4.17. The fourth-order valence-corrected chi connectivity index (χ4v) is 6.09. The van der Waals surface area contributed by atoms with Crippen molar-refractivity contribution in [3.63, 3.8) is 0 Å². The van der Waals surface area contributed by atoms with Crippen molar-refractivity contribution in [3.8, 4) is 0 Å². The number of carbonyl (C=O) groups excluding carboxylic acids is 1. The largest absolute Gasteiger partial charge is 0.416 e. The van der Waals surface area contributed by atoms with Crippen LogP contribution in [0.4, 0.5) is 13.2 Å². The predicted molar refractivity (Wildman–Crippen MR) is 107 cm³/mol. The molecule has 1 aromatic carbocycles. The molecule has 0 N–H and O–H groups in total. The third-order valence-electron chi connectivity index (χ3n) is 6.13. The highest BCUT2D eigenvalue weighted by molar-refractivity contribution is 7.91. The van der Waals surface area contributed by atoms with E-state index in [4.69, 9.17) is 0 Å². The summed E-state index contributed by atoms with van der Waals surface area (Å²) in [6.07, 6.45) is -2.38. The molecular formula is C21H23F3N2O3S. The van der Waals surface area contributed by atoms with Crippen molar-refractivity contribution in [2.45, 2.75) is 37.8 Å². The molecule has 30 heavy (non-hydrogen) atoms. The van der Waals surface area contributed by atoms with Crippen LogP contribution in [0.5, 0.6) is 0 Å². The molecule has 9 heteroatoms. The van der Waals surface area contributed by atoms with Crippen LogP contribution < -0.4 is 0 Å². The smallest absolute Gasteiger partial charge is 0.337 e. The quantitative estimate of drug-likeness (QED) is 0.708. The molecule has 1 aromatic rings. The van der Waals surface area contributed by atoms with Crippen molar-refractivity contribution in [2.24, 2.45) is 4.99 Å². The Morgan fingerprint density at radius 1 is 1.13 bits per heavy atom. The fourth-order valence-electron chi connectivity index (χ4n) is 4.58. The maximum absolute atomic E-state index is 13.3. The minimum atomic E-state index is -4.41. The number of hydrogen-bond acceptors (Lipinski definition) is 4. The number of halogens is 3. The van der Waals surface area contributed by atoms with E-state index >= 15 is 0 Å². The topological polar surface area (TPSA) is 66.8 Å². The molecule has 4 rings (SSSR count). The summed E-state index contributed by atoms with van der Waals surface area (Å²) >= 11 is 0. The summed E-state index contributed by atoms with van der Waals surface area (Å²) < 4.78 is 64.3. The maximum atomic E-state index is 13.3. The number of sulfone groups is 1. The van der Waals surface area contributed by atoms with Gasteiger partial charge < -0.3 is 4.90 Å². The van der Waals surface area contributed by atoms with Gasteiger partial charge in [0.25, 0.3) is 5.91 Å². The van der Waals surface area contributed by atoms with Crippen LogP contribution in [0.25, 0.3) is 0 Å². The van der Waals surface area contributed by atoms with Gasteiger partial charge in [0, 0.05) is 13.1 Å². The van der Waals surface area contributed by atoms with Crippen LogP contribution in [-0.4, -0.2) is 56.1 Å². The molecule has 0 aliphatic carbocycles. The SMILES string of the molecule is O=C(C1=NCC2=C1CS(=O)(=O)CCC2)N1CCC(c2ccccc2C(F)(F)F)CC1. The van der Waals surface area contributed by atoms with Crippen LogP contribution in [0.3, 0.4) is 0 Å². The van der Waals surface area contributed by atoms with Gasteiger partial charge >= 0.3 is 6.18 Å². The molecule has 5 nitrogen and oxygen atoms in total. The minimum absolute atomic E-state index is 0.117. The predicted octanol–water partition coefficient (Wildman–Crippen LogP) is 3.37. The summed E-state index contributed by atoms with van der Waals surface area (Å²) in [6, 6.07) is 5.60. The summed E-state index contributed by atoms with van der Waals surface area (Å²) in [4.78, 5) is 19.0. The van der Waals surface area contributed by atoms with Gasteiger partial charge in [-0.2, -0.15) is 13.2 Å². The lowest BCUT2D eigenvalue weighted by Crippen LogP contribution is -2.42. The minimum Gasteiger partial charge on any atom is -0.337 e. The van der Waals surface area contributed by atoms with Crippen LogP contribution >= 0.6 is 0 Å². The molecule has 1 fully saturated rings. The van der Waals surface area contributed by atoms with Gasteiger partial charge in [0.1, 0.15) is 5.71 Å². The van der Waals surface area contributed by atoms with E-state index in [0.29, 0.717) is 50.9 Å². The Morgan fingerprint density at radius 2 is 1.83 bits per heavy atom. The molecule has 0 spiro atoms. The number of alkyl halides is 3. The summed E-state index contributed by atoms with van der Waals surface area (Å²) in [5, 5.41) is 0. The van der Waals surface area contributed by atoms with E-state index in [2.05, 4.69) is 4.99 Å². The molecule has 0 unspecified atom stereocenters. The molecular weight excluding hydrogens is 417 g/mol. The second-order valence-corrected chi connectivity index (χ2v) is 10.3. The molecule has 0 saturated carbocycles. The average Bonchev–Trinajstić information content (AvgIpc) is 3.01. The van der Waals surface area contributed by atoms with Gasteiger partial charge in [0.2, 0.25) is 0 Å². The molecule has 1 saturated heterocycles. The first-order chi connectivity index (χ1) is 14.2. The monoisotopic (exact) mass is 440 g/mol. The van der Waals surface area contributed by atoms with Crippen molar-refractivity contribution >= 4 is 21.5 Å². The number of carbonyl (C=O) groups is 1. The molecule has 162 valence electrons. The van der Waals surface area contributed by atoms with E-state index in [0.717, 1.165) is 11.6 Å². The highest BCUT2D eigenvalue weighted by atomic mass is 32.2. The lowest BCUT2D eigenvalue weighted by Gasteiger charge is -2.33. The standard InChI is InChI=1S/C21H23F3N2O3S/c22-21(23,24)18-6-2-1-5-16(18)14-7-9-26(10-8-14)20(27)19-17-13-30(28,29)11-3-4-15(17)12-25-19/h1-2,5-6,14H,3-4,7-13H2. The molecule has 3 aliphatic rings. The Morgan fingerprint density at radius 3 is 2.53 bits per heavy atom. The first kappa shape index (κ1) is 21.1. The van der Waals surface area contributed by atoms with Gasteiger partial charge in [0.15, 0.2) is 9.84 Å². The summed E-state index contributed by atoms with van der Waals surface area (Å²) in [6.45, 7) is 1.01. The highest BCUT2D eigenvalue weighted by Crippen LogP contribution is 2.39. The molecule has 3 aliphatic heterocycles. The van der Waals surface area contributed by atoms with E-state index in [1.54, 1.807) is 11.0 Å². The van der Waals surface area contributed by atoms with E-state index < -0.39 is 21.6 Å². The number of nitrogens with zero attached hydrogens (tertiary/aromatic N) is 2. The Balaban J connectivity index is 1.47.